The average molecular weight is 420 g/mol. The molecule has 1 unspecified atom stereocenters. The fourth-order valence-electron chi connectivity index (χ4n) is 4.31. The summed E-state index contributed by atoms with van der Waals surface area (Å²) in [6.45, 7) is 6.36. The molecule has 0 amide bonds. The van der Waals surface area contributed by atoms with Gasteiger partial charge in [-0.15, -0.1) is 0 Å². The van der Waals surface area contributed by atoms with Gasteiger partial charge in [0.25, 0.3) is 0 Å². The summed E-state index contributed by atoms with van der Waals surface area (Å²) in [7, 11) is 0. The lowest BCUT2D eigenvalue weighted by atomic mass is 9.79. The van der Waals surface area contributed by atoms with Crippen LogP contribution in [0, 0.1) is 5.41 Å². The highest BCUT2D eigenvalue weighted by molar-refractivity contribution is 7.03. The lowest BCUT2D eigenvalue weighted by molar-refractivity contribution is 0.0693. The minimum absolute atomic E-state index is 0.0222. The number of rotatable bonds is 2. The largest absolute Gasteiger partial charge is 0.477 e. The molecule has 0 fully saturated rings. The lowest BCUT2D eigenvalue weighted by Gasteiger charge is -2.37. The summed E-state index contributed by atoms with van der Waals surface area (Å²) in [5.41, 5.74) is 3.49. The summed E-state index contributed by atoms with van der Waals surface area (Å²) in [6.07, 6.45) is 3.97. The first-order chi connectivity index (χ1) is 14.3. The Balaban J connectivity index is 1.84. The van der Waals surface area contributed by atoms with Gasteiger partial charge < -0.3 is 14.1 Å². The van der Waals surface area contributed by atoms with Crippen LogP contribution in [0.5, 0.6) is 0 Å². The topological polar surface area (TPSA) is 85.3 Å². The van der Waals surface area contributed by atoms with E-state index in [0.29, 0.717) is 17.9 Å². The number of para-hydroxylation sites is 1. The Morgan fingerprint density at radius 2 is 2.13 bits per heavy atom. The van der Waals surface area contributed by atoms with Gasteiger partial charge in [0.1, 0.15) is 11.1 Å². The maximum atomic E-state index is 12.5. The number of furan rings is 1. The zero-order valence-corrected chi connectivity index (χ0v) is 17.6. The smallest absolute Gasteiger partial charge is 0.341 e. The van der Waals surface area contributed by atoms with E-state index >= 15 is 0 Å². The predicted molar refractivity (Wildman–Crippen MR) is 116 cm³/mol. The third kappa shape index (κ3) is 2.73. The fourth-order valence-corrected chi connectivity index (χ4v) is 4.85. The van der Waals surface area contributed by atoms with Crippen LogP contribution in [0.3, 0.4) is 0 Å². The number of aromatic nitrogens is 2. The van der Waals surface area contributed by atoms with Gasteiger partial charge in [-0.3, -0.25) is 4.79 Å². The van der Waals surface area contributed by atoms with Crippen molar-refractivity contribution in [3.63, 3.8) is 0 Å². The van der Waals surface area contributed by atoms with Crippen molar-refractivity contribution in [2.75, 3.05) is 0 Å². The van der Waals surface area contributed by atoms with Gasteiger partial charge in [-0.05, 0) is 23.4 Å². The molecule has 1 aliphatic rings. The standard InChI is InChI=1S/C23H20N2O4S/c1-23(2,3)19-7-15-14-6-4-5-13(12-9-24-30-11-12)20(14)29-21(15)17-8-18(26)16(22(27)28)10-25(17)19/h4-6,8-11,19H,7H2,1-3H3,(H,27,28). The summed E-state index contributed by atoms with van der Waals surface area (Å²) in [5.74, 6) is -0.583. The molecule has 0 aliphatic carbocycles. The second-order valence-electron chi connectivity index (χ2n) is 8.74. The number of carbonyl (C=O) groups is 1. The van der Waals surface area contributed by atoms with E-state index in [1.165, 1.54) is 23.8 Å². The summed E-state index contributed by atoms with van der Waals surface area (Å²) in [6, 6.07) is 7.43. The molecular weight excluding hydrogens is 400 g/mol. The number of pyridine rings is 1. The van der Waals surface area contributed by atoms with E-state index in [0.717, 1.165) is 27.7 Å². The number of fused-ring (bicyclic) bond motifs is 5. The molecule has 5 rings (SSSR count). The number of hydrogen-bond donors (Lipinski definition) is 1. The average Bonchev–Trinajstić information content (AvgIpc) is 3.33. The molecule has 0 bridgehead atoms. The monoisotopic (exact) mass is 420 g/mol. The highest BCUT2D eigenvalue weighted by Crippen LogP contribution is 2.47. The van der Waals surface area contributed by atoms with Crippen LogP contribution in [0.4, 0.5) is 0 Å². The molecule has 0 saturated heterocycles. The molecule has 0 saturated carbocycles. The molecule has 7 heteroatoms. The molecule has 152 valence electrons. The van der Waals surface area contributed by atoms with Crippen molar-refractivity contribution in [3.05, 3.63) is 63.4 Å². The van der Waals surface area contributed by atoms with Crippen LogP contribution in [0.15, 0.2) is 51.3 Å². The van der Waals surface area contributed by atoms with Crippen molar-refractivity contribution in [2.45, 2.75) is 33.2 Å². The SMILES string of the molecule is CC(C)(C)C1Cc2c(oc3c(-c4cnsc4)cccc23)-c2cc(=O)c(C(=O)O)cn21. The second-order valence-corrected chi connectivity index (χ2v) is 9.40. The first-order valence-corrected chi connectivity index (χ1v) is 10.5. The minimum atomic E-state index is -1.22. The van der Waals surface area contributed by atoms with Crippen LogP contribution in [-0.4, -0.2) is 20.0 Å². The van der Waals surface area contributed by atoms with E-state index in [1.807, 2.05) is 34.3 Å². The molecule has 1 aromatic carbocycles. The Labute approximate surface area is 176 Å². The maximum absolute atomic E-state index is 12.5. The van der Waals surface area contributed by atoms with E-state index in [9.17, 15) is 14.7 Å². The number of hydrogen-bond acceptors (Lipinski definition) is 5. The highest BCUT2D eigenvalue weighted by atomic mass is 32.1. The van der Waals surface area contributed by atoms with E-state index in [4.69, 9.17) is 4.42 Å². The van der Waals surface area contributed by atoms with Crippen LogP contribution < -0.4 is 5.43 Å². The van der Waals surface area contributed by atoms with Gasteiger partial charge in [-0.25, -0.2) is 9.17 Å². The van der Waals surface area contributed by atoms with E-state index in [2.05, 4.69) is 25.1 Å². The predicted octanol–water partition coefficient (Wildman–Crippen LogP) is 5.23. The zero-order valence-electron chi connectivity index (χ0n) is 16.8. The van der Waals surface area contributed by atoms with E-state index in [1.54, 1.807) is 0 Å². The molecule has 1 N–H and O–H groups in total. The highest BCUT2D eigenvalue weighted by Gasteiger charge is 2.36. The van der Waals surface area contributed by atoms with Crippen molar-refractivity contribution in [1.29, 1.82) is 0 Å². The summed E-state index contributed by atoms with van der Waals surface area (Å²) in [4.78, 5) is 24.1. The van der Waals surface area contributed by atoms with Gasteiger partial charge in [-0.1, -0.05) is 39.0 Å². The number of aromatic carboxylic acids is 1. The molecule has 6 nitrogen and oxygen atoms in total. The third-order valence-corrected chi connectivity index (χ3v) is 6.42. The molecule has 30 heavy (non-hydrogen) atoms. The lowest BCUT2D eigenvalue weighted by Crippen LogP contribution is -2.32. The summed E-state index contributed by atoms with van der Waals surface area (Å²) in [5, 5.41) is 12.5. The molecular formula is C23H20N2O4S. The number of carboxylic acids is 1. The Morgan fingerprint density at radius 3 is 2.80 bits per heavy atom. The van der Waals surface area contributed by atoms with Crippen LogP contribution in [0.1, 0.15) is 42.7 Å². The Morgan fingerprint density at radius 1 is 1.33 bits per heavy atom. The van der Waals surface area contributed by atoms with Crippen LogP contribution in [0.2, 0.25) is 0 Å². The van der Waals surface area contributed by atoms with Crippen molar-refractivity contribution < 1.29 is 14.3 Å². The first-order valence-electron chi connectivity index (χ1n) is 9.69. The number of benzene rings is 1. The minimum Gasteiger partial charge on any atom is -0.477 e. The number of nitrogens with zero attached hydrogens (tertiary/aromatic N) is 2. The fraction of sp³-hybridized carbons (Fsp3) is 0.261. The first kappa shape index (κ1) is 18.8. The quantitative estimate of drug-likeness (QED) is 0.480. The Hall–Kier alpha value is -3.19. The maximum Gasteiger partial charge on any atom is 0.341 e. The van der Waals surface area contributed by atoms with Crippen molar-refractivity contribution in [3.8, 4) is 22.6 Å². The molecule has 0 radical (unpaired) electrons. The van der Waals surface area contributed by atoms with Crippen LogP contribution >= 0.6 is 11.5 Å². The van der Waals surface area contributed by atoms with Crippen molar-refractivity contribution in [1.82, 2.24) is 8.94 Å². The van der Waals surface area contributed by atoms with Gasteiger partial charge in [0.2, 0.25) is 0 Å². The second kappa shape index (κ2) is 6.40. The normalized spacial score (nSPS) is 15.8. The van der Waals surface area contributed by atoms with Gasteiger partial charge in [0.05, 0.1) is 5.69 Å². The Bertz CT molecular complexity index is 1360. The molecule has 1 atom stereocenters. The third-order valence-electron chi connectivity index (χ3n) is 5.84. The van der Waals surface area contributed by atoms with Crippen LogP contribution in [0.25, 0.3) is 33.6 Å². The van der Waals surface area contributed by atoms with E-state index in [-0.39, 0.29) is 17.0 Å². The van der Waals surface area contributed by atoms with Crippen molar-refractivity contribution in [2.24, 2.45) is 5.41 Å². The molecule has 1 aliphatic heterocycles. The molecule has 3 aromatic heterocycles. The molecule has 4 heterocycles. The Kier molecular flexibility index (Phi) is 4.02. The number of carboxylic acid groups (broad SMARTS) is 1. The van der Waals surface area contributed by atoms with Gasteiger partial charge in [0.15, 0.2) is 11.2 Å². The zero-order chi connectivity index (χ0) is 21.2. The van der Waals surface area contributed by atoms with Crippen molar-refractivity contribution >= 4 is 28.5 Å². The molecule has 4 aromatic rings. The summed E-state index contributed by atoms with van der Waals surface area (Å²) < 4.78 is 12.5. The molecule has 0 spiro atoms. The van der Waals surface area contributed by atoms with E-state index < -0.39 is 11.4 Å². The van der Waals surface area contributed by atoms with Gasteiger partial charge >= 0.3 is 5.97 Å². The van der Waals surface area contributed by atoms with Crippen LogP contribution in [-0.2, 0) is 6.42 Å². The van der Waals surface area contributed by atoms with Gasteiger partial charge in [0, 0.05) is 52.0 Å². The van der Waals surface area contributed by atoms with Gasteiger partial charge in [-0.2, -0.15) is 0 Å². The summed E-state index contributed by atoms with van der Waals surface area (Å²) >= 11 is 1.38.